The first kappa shape index (κ1) is 18.2. The fraction of sp³-hybridized carbons (Fsp3) is 0.471. The van der Waals surface area contributed by atoms with Gasteiger partial charge in [-0.3, -0.25) is 28.6 Å². The number of imide groups is 1. The van der Waals surface area contributed by atoms with Gasteiger partial charge in [-0.2, -0.15) is 0 Å². The molecule has 1 atom stereocenters. The van der Waals surface area contributed by atoms with Gasteiger partial charge in [0.2, 0.25) is 11.8 Å². The number of nitrogens with zero attached hydrogens (tertiary/aromatic N) is 4. The minimum Gasteiger partial charge on any atom is -0.340 e. The second kappa shape index (κ2) is 6.75. The van der Waals surface area contributed by atoms with Gasteiger partial charge in [0.05, 0.1) is 5.39 Å². The lowest BCUT2D eigenvalue weighted by Crippen LogP contribution is -2.37. The van der Waals surface area contributed by atoms with E-state index in [0.29, 0.717) is 37.3 Å². The van der Waals surface area contributed by atoms with Gasteiger partial charge in [-0.15, -0.1) is 11.3 Å². The minimum atomic E-state index is -0.658. The largest absolute Gasteiger partial charge is 0.340 e. The topological polar surface area (TPSA) is 92.6 Å². The molecule has 0 saturated carbocycles. The standard InChI is InChI=1S/C17H18N4O4S2/c1-9-8-26-14-13(9)16(24)21-6-5-20(4-3-11(21)18-14)12(22)7-10-15(23)19(2)17(25)27-10/h8,10H,3-7H2,1-2H3. The van der Waals surface area contributed by atoms with E-state index >= 15 is 0 Å². The van der Waals surface area contributed by atoms with Crippen molar-refractivity contribution in [2.75, 3.05) is 20.1 Å². The van der Waals surface area contributed by atoms with E-state index in [1.54, 1.807) is 9.47 Å². The van der Waals surface area contributed by atoms with Crippen LogP contribution in [0.1, 0.15) is 17.8 Å². The van der Waals surface area contributed by atoms with Crippen molar-refractivity contribution in [3.05, 3.63) is 27.1 Å². The Labute approximate surface area is 163 Å². The molecule has 3 amide bonds. The summed E-state index contributed by atoms with van der Waals surface area (Å²) in [6.45, 7) is 3.10. The molecule has 0 radical (unpaired) electrons. The van der Waals surface area contributed by atoms with Crippen molar-refractivity contribution < 1.29 is 14.4 Å². The van der Waals surface area contributed by atoms with Crippen molar-refractivity contribution in [3.63, 3.8) is 0 Å². The predicted molar refractivity (Wildman–Crippen MR) is 103 cm³/mol. The van der Waals surface area contributed by atoms with Crippen molar-refractivity contribution in [2.45, 2.75) is 31.6 Å². The van der Waals surface area contributed by atoms with Crippen LogP contribution in [0.2, 0.25) is 0 Å². The number of amides is 3. The predicted octanol–water partition coefficient (Wildman–Crippen LogP) is 1.24. The maximum Gasteiger partial charge on any atom is 0.288 e. The van der Waals surface area contributed by atoms with E-state index in [9.17, 15) is 19.2 Å². The Morgan fingerprint density at radius 3 is 2.74 bits per heavy atom. The first-order valence-electron chi connectivity index (χ1n) is 8.60. The normalized spacial score (nSPS) is 20.3. The van der Waals surface area contributed by atoms with E-state index in [-0.39, 0.29) is 29.0 Å². The maximum atomic E-state index is 12.8. The first-order valence-corrected chi connectivity index (χ1v) is 10.4. The fourth-order valence-electron chi connectivity index (χ4n) is 3.42. The number of rotatable bonds is 2. The fourth-order valence-corrected chi connectivity index (χ4v) is 5.32. The van der Waals surface area contributed by atoms with Crippen LogP contribution < -0.4 is 5.56 Å². The van der Waals surface area contributed by atoms with Crippen LogP contribution in [0.3, 0.4) is 0 Å². The Kier molecular flexibility index (Phi) is 4.55. The molecule has 2 aliphatic heterocycles. The van der Waals surface area contributed by atoms with E-state index in [1.165, 1.54) is 18.4 Å². The third-order valence-electron chi connectivity index (χ3n) is 4.99. The average Bonchev–Trinajstić information content (AvgIpc) is 3.00. The zero-order valence-corrected chi connectivity index (χ0v) is 16.6. The summed E-state index contributed by atoms with van der Waals surface area (Å²) >= 11 is 2.35. The minimum absolute atomic E-state index is 0.00749. The molecule has 2 aliphatic rings. The zero-order valence-electron chi connectivity index (χ0n) is 14.9. The van der Waals surface area contributed by atoms with Crippen LogP contribution in [0, 0.1) is 6.92 Å². The number of carbonyl (C=O) groups is 3. The number of hydrogen-bond acceptors (Lipinski definition) is 7. The highest BCUT2D eigenvalue weighted by atomic mass is 32.2. The third-order valence-corrected chi connectivity index (χ3v) is 7.11. The molecule has 142 valence electrons. The van der Waals surface area contributed by atoms with Crippen molar-refractivity contribution in [1.82, 2.24) is 19.4 Å². The van der Waals surface area contributed by atoms with E-state index in [0.717, 1.165) is 27.1 Å². The highest BCUT2D eigenvalue weighted by molar-refractivity contribution is 8.15. The van der Waals surface area contributed by atoms with Gasteiger partial charge in [-0.25, -0.2) is 4.98 Å². The van der Waals surface area contributed by atoms with E-state index in [4.69, 9.17) is 0 Å². The Hall–Kier alpha value is -2.20. The summed E-state index contributed by atoms with van der Waals surface area (Å²) in [4.78, 5) is 57.2. The van der Waals surface area contributed by atoms with Crippen LogP contribution in [-0.2, 0) is 22.6 Å². The summed E-state index contributed by atoms with van der Waals surface area (Å²) in [6, 6.07) is 0. The summed E-state index contributed by atoms with van der Waals surface area (Å²) < 4.78 is 1.65. The van der Waals surface area contributed by atoms with Gasteiger partial charge in [-0.1, -0.05) is 11.8 Å². The van der Waals surface area contributed by atoms with Gasteiger partial charge in [0, 0.05) is 39.5 Å². The van der Waals surface area contributed by atoms with Crippen LogP contribution in [-0.4, -0.2) is 61.8 Å². The molecular weight excluding hydrogens is 388 g/mol. The molecule has 0 spiro atoms. The Morgan fingerprint density at radius 2 is 2.04 bits per heavy atom. The van der Waals surface area contributed by atoms with Gasteiger partial charge in [-0.05, 0) is 17.9 Å². The van der Waals surface area contributed by atoms with E-state index in [1.807, 2.05) is 12.3 Å². The molecule has 4 rings (SSSR count). The number of thioether (sulfide) groups is 1. The highest BCUT2D eigenvalue weighted by Gasteiger charge is 2.39. The molecule has 1 fully saturated rings. The van der Waals surface area contributed by atoms with Crippen LogP contribution in [0.5, 0.6) is 0 Å². The molecule has 0 aromatic carbocycles. The van der Waals surface area contributed by atoms with Gasteiger partial charge >= 0.3 is 0 Å². The summed E-state index contributed by atoms with van der Waals surface area (Å²) in [6.07, 6.45) is 0.477. The zero-order chi connectivity index (χ0) is 19.3. The molecule has 0 aliphatic carbocycles. The second-order valence-electron chi connectivity index (χ2n) is 6.69. The highest BCUT2D eigenvalue weighted by Crippen LogP contribution is 2.28. The number of fused-ring (bicyclic) bond motifs is 2. The molecule has 0 N–H and O–H groups in total. The average molecular weight is 406 g/mol. The van der Waals surface area contributed by atoms with Crippen LogP contribution in [0.15, 0.2) is 10.2 Å². The van der Waals surface area contributed by atoms with Crippen LogP contribution >= 0.6 is 23.1 Å². The molecule has 2 aromatic heterocycles. The smallest absolute Gasteiger partial charge is 0.288 e. The molecule has 0 bridgehead atoms. The van der Waals surface area contributed by atoms with Gasteiger partial charge in [0.15, 0.2) is 0 Å². The summed E-state index contributed by atoms with van der Waals surface area (Å²) in [7, 11) is 1.43. The van der Waals surface area contributed by atoms with Gasteiger partial charge in [0.1, 0.15) is 15.9 Å². The van der Waals surface area contributed by atoms with Crippen molar-refractivity contribution in [2.24, 2.45) is 0 Å². The maximum absolute atomic E-state index is 12.8. The lowest BCUT2D eigenvalue weighted by atomic mass is 10.2. The Morgan fingerprint density at radius 1 is 1.26 bits per heavy atom. The number of carbonyl (C=O) groups excluding carboxylic acids is 3. The lowest BCUT2D eigenvalue weighted by Gasteiger charge is -2.20. The molecule has 1 unspecified atom stereocenters. The van der Waals surface area contributed by atoms with Gasteiger partial charge in [0.25, 0.3) is 10.8 Å². The second-order valence-corrected chi connectivity index (χ2v) is 8.70. The van der Waals surface area contributed by atoms with Crippen molar-refractivity contribution in [1.29, 1.82) is 0 Å². The summed E-state index contributed by atoms with van der Waals surface area (Å²) in [5.41, 5.74) is 0.863. The molecule has 1 saturated heterocycles. The van der Waals surface area contributed by atoms with Gasteiger partial charge < -0.3 is 4.90 Å². The number of aromatic nitrogens is 2. The molecule has 4 heterocycles. The molecule has 27 heavy (non-hydrogen) atoms. The Bertz CT molecular complexity index is 1030. The van der Waals surface area contributed by atoms with Crippen molar-refractivity contribution >= 4 is 50.4 Å². The van der Waals surface area contributed by atoms with Crippen LogP contribution in [0.25, 0.3) is 10.2 Å². The Balaban J connectivity index is 1.52. The molecule has 2 aromatic rings. The summed E-state index contributed by atoms with van der Waals surface area (Å²) in [5.74, 6) is 0.179. The molecule has 10 heteroatoms. The van der Waals surface area contributed by atoms with Crippen molar-refractivity contribution in [3.8, 4) is 0 Å². The number of hydrogen-bond donors (Lipinski definition) is 0. The quantitative estimate of drug-likeness (QED) is 0.745. The molecular formula is C17H18N4O4S2. The van der Waals surface area contributed by atoms with E-state index < -0.39 is 5.25 Å². The number of aryl methyl sites for hydroxylation is 1. The monoisotopic (exact) mass is 406 g/mol. The van der Waals surface area contributed by atoms with E-state index in [2.05, 4.69) is 4.98 Å². The lowest BCUT2D eigenvalue weighted by molar-refractivity contribution is -0.134. The van der Waals surface area contributed by atoms with Crippen LogP contribution in [0.4, 0.5) is 4.79 Å². The number of thiophene rings is 1. The third kappa shape index (κ3) is 3.06. The first-order chi connectivity index (χ1) is 12.9. The SMILES string of the molecule is Cc1csc2nc3n(c(=O)c12)CCN(C(=O)CC1SC(=O)N(C)C1=O)CC3. The summed E-state index contributed by atoms with van der Waals surface area (Å²) in [5, 5.41) is 1.60. The molecule has 8 nitrogen and oxygen atoms in total.